The SMILES string of the molecule is CC(=O)N[C@@H]1[C@@H](O)[C@H](O[C@@H]2O[C@H](CO)[C@H](O[C@@H]3O[C@H](CO)[C@@H](O)[C@H](O)[C@H]3NC(C)=O)[C@H](O[C@]3(C(=O)O)C[C@H](O)[C@@H](NC(C)=O)[C@H]([C@H](O)[C@H](O)CO)O3)[C@H]2O)[C@@H](CO)O[C@H]1O. The van der Waals surface area contributed by atoms with E-state index in [1.807, 2.05) is 0 Å². The van der Waals surface area contributed by atoms with Crippen molar-refractivity contribution in [2.24, 2.45) is 0 Å². The lowest BCUT2D eigenvalue weighted by molar-refractivity contribution is -0.398. The van der Waals surface area contributed by atoms with Crippen LogP contribution in [-0.2, 0) is 52.3 Å². The number of rotatable bonds is 16. The third-order valence-electron chi connectivity index (χ3n) is 10.4. The molecule has 0 bridgehead atoms. The van der Waals surface area contributed by atoms with Gasteiger partial charge in [-0.25, -0.2) is 4.79 Å². The van der Waals surface area contributed by atoms with Gasteiger partial charge < -0.3 is 115 Å². The summed E-state index contributed by atoms with van der Waals surface area (Å²) >= 11 is 0. The van der Waals surface area contributed by atoms with Crippen LogP contribution in [-0.4, -0.2) is 245 Å². The van der Waals surface area contributed by atoms with Crippen molar-refractivity contribution in [1.82, 2.24) is 16.0 Å². The highest BCUT2D eigenvalue weighted by molar-refractivity contribution is 5.77. The third kappa shape index (κ3) is 10.8. The summed E-state index contributed by atoms with van der Waals surface area (Å²) in [5.74, 6) is -7.70. The summed E-state index contributed by atoms with van der Waals surface area (Å²) in [6.07, 6.45) is -34.9. The molecule has 3 amide bonds. The molecule has 0 aromatic carbocycles. The second-order valence-electron chi connectivity index (χ2n) is 14.8. The molecule has 0 saturated carbocycles. The Labute approximate surface area is 340 Å². The molecule has 4 aliphatic heterocycles. The maximum Gasteiger partial charge on any atom is 0.364 e. The van der Waals surface area contributed by atoms with Crippen molar-refractivity contribution in [2.75, 3.05) is 26.4 Å². The van der Waals surface area contributed by atoms with Gasteiger partial charge in [0.15, 0.2) is 18.9 Å². The van der Waals surface area contributed by atoms with Gasteiger partial charge in [-0.15, -0.1) is 0 Å². The lowest BCUT2D eigenvalue weighted by Gasteiger charge is -2.52. The fourth-order valence-corrected chi connectivity index (χ4v) is 7.46. The van der Waals surface area contributed by atoms with Crippen LogP contribution >= 0.6 is 0 Å². The number of carbonyl (C=O) groups is 4. The average molecular weight is 878 g/mol. The van der Waals surface area contributed by atoms with Gasteiger partial charge in [-0.05, 0) is 0 Å². The lowest BCUT2D eigenvalue weighted by Crippen LogP contribution is -2.72. The summed E-state index contributed by atoms with van der Waals surface area (Å²) in [5, 5.41) is 145. The summed E-state index contributed by atoms with van der Waals surface area (Å²) < 4.78 is 40.3. The van der Waals surface area contributed by atoms with Crippen molar-refractivity contribution >= 4 is 23.7 Å². The molecule has 0 spiro atoms. The Kier molecular flexibility index (Phi) is 17.4. The molecule has 16 N–H and O–H groups in total. The van der Waals surface area contributed by atoms with Crippen LogP contribution in [0.3, 0.4) is 0 Å². The summed E-state index contributed by atoms with van der Waals surface area (Å²) in [4.78, 5) is 49.3. The number of nitrogens with one attached hydrogen (secondary N) is 3. The Morgan fingerprint density at radius 1 is 0.650 bits per heavy atom. The van der Waals surface area contributed by atoms with Crippen molar-refractivity contribution in [3.8, 4) is 0 Å². The van der Waals surface area contributed by atoms with Gasteiger partial charge in [0.25, 0.3) is 5.79 Å². The molecule has 27 heteroatoms. The number of carboxylic acids is 1. The van der Waals surface area contributed by atoms with Crippen LogP contribution in [0, 0.1) is 0 Å². The van der Waals surface area contributed by atoms with Crippen LogP contribution in [0.2, 0.25) is 0 Å². The van der Waals surface area contributed by atoms with Crippen molar-refractivity contribution in [2.45, 2.75) is 155 Å². The minimum atomic E-state index is -3.24. The second-order valence-corrected chi connectivity index (χ2v) is 14.8. The Balaban J connectivity index is 1.83. The number of aliphatic hydroxyl groups excluding tert-OH is 12. The Hall–Kier alpha value is -2.88. The molecule has 0 aliphatic carbocycles. The van der Waals surface area contributed by atoms with E-state index in [2.05, 4.69) is 16.0 Å². The number of carbonyl (C=O) groups excluding carboxylic acids is 3. The van der Waals surface area contributed by atoms with Crippen LogP contribution in [0.5, 0.6) is 0 Å². The molecule has 4 heterocycles. The highest BCUT2D eigenvalue weighted by Crippen LogP contribution is 2.40. The van der Waals surface area contributed by atoms with Crippen molar-refractivity contribution in [3.05, 3.63) is 0 Å². The molecule has 4 saturated heterocycles. The Morgan fingerprint density at radius 3 is 1.70 bits per heavy atom. The Bertz CT molecular complexity index is 1470. The number of aliphatic carboxylic acids is 1. The van der Waals surface area contributed by atoms with E-state index in [9.17, 15) is 85.6 Å². The molecule has 21 atom stereocenters. The molecule has 0 aromatic rings. The molecule has 4 aliphatic rings. The van der Waals surface area contributed by atoms with E-state index in [4.69, 9.17) is 33.2 Å². The zero-order valence-corrected chi connectivity index (χ0v) is 32.4. The van der Waals surface area contributed by atoms with Gasteiger partial charge in [-0.2, -0.15) is 0 Å². The predicted octanol–water partition coefficient (Wildman–Crippen LogP) is -10.1. The molecular formula is C33H55N3O24. The number of aliphatic hydroxyl groups is 12. The highest BCUT2D eigenvalue weighted by Gasteiger charge is 2.61. The molecule has 4 fully saturated rings. The van der Waals surface area contributed by atoms with Gasteiger partial charge in [0.05, 0.1) is 38.6 Å². The van der Waals surface area contributed by atoms with Crippen LogP contribution < -0.4 is 16.0 Å². The topological polar surface area (TPSA) is 432 Å². The third-order valence-corrected chi connectivity index (χ3v) is 10.4. The van der Waals surface area contributed by atoms with E-state index in [0.29, 0.717) is 0 Å². The summed E-state index contributed by atoms with van der Waals surface area (Å²) in [7, 11) is 0. The van der Waals surface area contributed by atoms with Crippen molar-refractivity contribution in [3.63, 3.8) is 0 Å². The van der Waals surface area contributed by atoms with Crippen LogP contribution in [0.1, 0.15) is 27.2 Å². The minimum absolute atomic E-state index is 0.751. The fraction of sp³-hybridized carbons (Fsp3) is 0.879. The van der Waals surface area contributed by atoms with E-state index in [1.54, 1.807) is 0 Å². The first kappa shape index (κ1) is 49.8. The molecular weight excluding hydrogens is 822 g/mol. The predicted molar refractivity (Wildman–Crippen MR) is 186 cm³/mol. The van der Waals surface area contributed by atoms with Crippen LogP contribution in [0.4, 0.5) is 0 Å². The number of amides is 3. The Morgan fingerprint density at radius 2 is 1.17 bits per heavy atom. The smallest absolute Gasteiger partial charge is 0.364 e. The van der Waals surface area contributed by atoms with Gasteiger partial charge in [0, 0.05) is 27.2 Å². The normalized spacial score (nSPS) is 43.3. The fourth-order valence-electron chi connectivity index (χ4n) is 7.46. The van der Waals surface area contributed by atoms with Crippen molar-refractivity contribution < 1.29 is 119 Å². The number of carboxylic acid groups (broad SMARTS) is 1. The highest BCUT2D eigenvalue weighted by atomic mass is 16.8. The van der Waals surface area contributed by atoms with Crippen molar-refractivity contribution in [1.29, 1.82) is 0 Å². The molecule has 0 aromatic heterocycles. The van der Waals surface area contributed by atoms with Gasteiger partial charge >= 0.3 is 5.97 Å². The summed E-state index contributed by atoms with van der Waals surface area (Å²) in [6, 6.07) is -4.97. The van der Waals surface area contributed by atoms with Gasteiger partial charge in [0.2, 0.25) is 17.7 Å². The zero-order chi connectivity index (χ0) is 45.0. The van der Waals surface area contributed by atoms with E-state index in [-0.39, 0.29) is 0 Å². The number of hydrogen-bond acceptors (Lipinski definition) is 23. The molecule has 0 unspecified atom stereocenters. The minimum Gasteiger partial charge on any atom is -0.477 e. The average Bonchev–Trinajstić information content (AvgIpc) is 3.18. The lowest BCUT2D eigenvalue weighted by atomic mass is 9.88. The molecule has 346 valence electrons. The van der Waals surface area contributed by atoms with E-state index >= 15 is 0 Å². The van der Waals surface area contributed by atoms with E-state index < -0.39 is 185 Å². The van der Waals surface area contributed by atoms with Crippen LogP contribution in [0.15, 0.2) is 0 Å². The zero-order valence-electron chi connectivity index (χ0n) is 32.4. The molecule has 27 nitrogen and oxygen atoms in total. The van der Waals surface area contributed by atoms with E-state index in [1.165, 1.54) is 0 Å². The van der Waals surface area contributed by atoms with Gasteiger partial charge in [-0.3, -0.25) is 14.4 Å². The monoisotopic (exact) mass is 877 g/mol. The molecule has 4 rings (SSSR count). The molecule has 0 radical (unpaired) electrons. The van der Waals surface area contributed by atoms with Crippen LogP contribution in [0.25, 0.3) is 0 Å². The standard InChI is InChI=1S/C33H55N3O24/c1-9(41)34-17-12(44)4-33(32(52)53,59-27(17)20(46)13(45)5-37)60-28-24(50)31(57-25-15(7-39)54-29(51)18(23(25)49)35-10(2)42)56-16(8-40)26(28)58-30-19(36-11(3)43)22(48)21(47)14(6-38)55-30/h12-31,37-40,44-51H,4-8H2,1-3H3,(H,34,41)(H,35,42)(H,36,43)(H,52,53)/t12-,13+,14+,15+,16+,17+,18+,19+,20+,21+,22+,23+,24+,25+,26-,27+,28+,29+,30-,31-,33-/m0/s1. The quantitative estimate of drug-likeness (QED) is 0.0684. The molecule has 60 heavy (non-hydrogen) atoms. The van der Waals surface area contributed by atoms with E-state index in [0.717, 1.165) is 20.8 Å². The first-order valence-corrected chi connectivity index (χ1v) is 18.7. The second kappa shape index (κ2) is 21.0. The number of hydrogen-bond donors (Lipinski definition) is 16. The maximum atomic E-state index is 13.2. The van der Waals surface area contributed by atoms with Gasteiger partial charge in [0.1, 0.15) is 91.4 Å². The number of ether oxygens (including phenoxy) is 7. The first-order valence-electron chi connectivity index (χ1n) is 18.7. The summed E-state index contributed by atoms with van der Waals surface area (Å²) in [6.45, 7) is -1.11. The summed E-state index contributed by atoms with van der Waals surface area (Å²) in [5.41, 5.74) is 0. The maximum absolute atomic E-state index is 13.2. The first-order chi connectivity index (χ1) is 28.1. The largest absolute Gasteiger partial charge is 0.477 e. The van der Waals surface area contributed by atoms with Gasteiger partial charge in [-0.1, -0.05) is 0 Å².